The lowest BCUT2D eigenvalue weighted by atomic mass is 10.0. The van der Waals surface area contributed by atoms with E-state index in [1.54, 1.807) is 20.8 Å². The Hall–Kier alpha value is -2.21. The number of ether oxygens (including phenoxy) is 1. The monoisotopic (exact) mass is 334 g/mol. The lowest BCUT2D eigenvalue weighted by molar-refractivity contribution is -0.156. The summed E-state index contributed by atoms with van der Waals surface area (Å²) in [6.07, 6.45) is 0.139. The van der Waals surface area contributed by atoms with Gasteiger partial charge >= 0.3 is 5.97 Å². The molecule has 0 aliphatic rings. The number of esters is 1. The molecule has 1 rings (SSSR count). The smallest absolute Gasteiger partial charge is 0.308 e. The van der Waals surface area contributed by atoms with E-state index < -0.39 is 29.6 Å². The minimum absolute atomic E-state index is 0.170. The first-order chi connectivity index (χ1) is 11.1. The molecule has 1 amide bonds. The van der Waals surface area contributed by atoms with Gasteiger partial charge in [0.2, 0.25) is 5.91 Å². The Balaban J connectivity index is 2.61. The van der Waals surface area contributed by atoms with E-state index in [1.807, 2.05) is 30.3 Å². The summed E-state index contributed by atoms with van der Waals surface area (Å²) in [6.45, 7) is 6.62. The van der Waals surface area contributed by atoms with Gasteiger partial charge in [-0.3, -0.25) is 14.4 Å². The summed E-state index contributed by atoms with van der Waals surface area (Å²) in [5.74, 6) is -1.26. The number of carbonyl (C=O) groups is 3. The van der Waals surface area contributed by atoms with Crippen LogP contribution in [-0.2, 0) is 25.5 Å². The fourth-order valence-corrected chi connectivity index (χ4v) is 2.08. The average molecular weight is 334 g/mol. The van der Waals surface area contributed by atoms with E-state index in [4.69, 9.17) is 10.5 Å². The molecule has 1 aromatic rings. The van der Waals surface area contributed by atoms with Gasteiger partial charge in [0.1, 0.15) is 5.60 Å². The largest absolute Gasteiger partial charge is 0.460 e. The molecule has 0 bridgehead atoms. The Morgan fingerprint density at radius 2 is 1.75 bits per heavy atom. The van der Waals surface area contributed by atoms with Gasteiger partial charge in [0.25, 0.3) is 0 Å². The fraction of sp³-hybridized carbons (Fsp3) is 0.500. The van der Waals surface area contributed by atoms with Gasteiger partial charge in [-0.2, -0.15) is 0 Å². The Morgan fingerprint density at radius 1 is 1.17 bits per heavy atom. The zero-order valence-electron chi connectivity index (χ0n) is 14.7. The van der Waals surface area contributed by atoms with Crippen LogP contribution in [0.2, 0.25) is 0 Å². The molecule has 0 spiro atoms. The predicted molar refractivity (Wildman–Crippen MR) is 91.2 cm³/mol. The van der Waals surface area contributed by atoms with Gasteiger partial charge in [0, 0.05) is 0 Å². The van der Waals surface area contributed by atoms with Crippen molar-refractivity contribution in [2.45, 2.75) is 58.2 Å². The van der Waals surface area contributed by atoms with Crippen LogP contribution in [0, 0.1) is 0 Å². The Bertz CT molecular complexity index is 578. The molecule has 0 radical (unpaired) electrons. The Kier molecular flexibility index (Phi) is 7.10. The number of nitrogens with two attached hydrogens (primary N) is 1. The summed E-state index contributed by atoms with van der Waals surface area (Å²) in [5, 5.41) is 2.61. The van der Waals surface area contributed by atoms with Crippen molar-refractivity contribution in [1.29, 1.82) is 0 Å². The van der Waals surface area contributed by atoms with Crippen molar-refractivity contribution in [3.63, 3.8) is 0 Å². The molecule has 0 fully saturated rings. The zero-order chi connectivity index (χ0) is 18.3. The maximum absolute atomic E-state index is 12.2. The van der Waals surface area contributed by atoms with Crippen molar-refractivity contribution in [3.05, 3.63) is 35.9 Å². The summed E-state index contributed by atoms with van der Waals surface area (Å²) in [5.41, 5.74) is 6.05. The predicted octanol–water partition coefficient (Wildman–Crippen LogP) is 1.36. The third kappa shape index (κ3) is 7.37. The summed E-state index contributed by atoms with van der Waals surface area (Å²) < 4.78 is 5.14. The van der Waals surface area contributed by atoms with Crippen molar-refractivity contribution in [3.8, 4) is 0 Å². The van der Waals surface area contributed by atoms with Gasteiger partial charge in [-0.05, 0) is 39.7 Å². The van der Waals surface area contributed by atoms with E-state index >= 15 is 0 Å². The summed E-state index contributed by atoms with van der Waals surface area (Å²) >= 11 is 0. The first-order valence-electron chi connectivity index (χ1n) is 7.90. The number of hydrogen-bond donors (Lipinski definition) is 2. The van der Waals surface area contributed by atoms with Crippen LogP contribution in [0.3, 0.4) is 0 Å². The molecule has 0 heterocycles. The van der Waals surface area contributed by atoms with Crippen molar-refractivity contribution in [1.82, 2.24) is 5.32 Å². The van der Waals surface area contributed by atoms with E-state index in [0.717, 1.165) is 5.56 Å². The summed E-state index contributed by atoms with van der Waals surface area (Å²) in [4.78, 5) is 35.7. The summed E-state index contributed by atoms with van der Waals surface area (Å²) in [7, 11) is 0. The number of rotatable bonds is 7. The van der Waals surface area contributed by atoms with Crippen LogP contribution in [0.5, 0.6) is 0 Å². The van der Waals surface area contributed by atoms with Crippen molar-refractivity contribution < 1.29 is 19.1 Å². The molecule has 0 aromatic heterocycles. The molecule has 0 unspecified atom stereocenters. The molecular weight excluding hydrogens is 308 g/mol. The topological polar surface area (TPSA) is 98.5 Å². The van der Waals surface area contributed by atoms with E-state index in [9.17, 15) is 14.4 Å². The number of Topliss-reactive ketones (excluding diaryl/α,β-unsaturated/α-hetero) is 1. The molecule has 1 aromatic carbocycles. The summed E-state index contributed by atoms with van der Waals surface area (Å²) in [6, 6.07) is 7.63. The van der Waals surface area contributed by atoms with Crippen LogP contribution in [0.15, 0.2) is 30.3 Å². The number of amides is 1. The van der Waals surface area contributed by atoms with Gasteiger partial charge < -0.3 is 15.8 Å². The van der Waals surface area contributed by atoms with Crippen LogP contribution in [-0.4, -0.2) is 35.3 Å². The fourth-order valence-electron chi connectivity index (χ4n) is 2.08. The minimum atomic E-state index is -1.06. The minimum Gasteiger partial charge on any atom is -0.460 e. The Morgan fingerprint density at radius 3 is 2.25 bits per heavy atom. The second-order valence-electron chi connectivity index (χ2n) is 6.76. The molecule has 132 valence electrons. The van der Waals surface area contributed by atoms with E-state index in [0.29, 0.717) is 6.42 Å². The van der Waals surface area contributed by atoms with Crippen LogP contribution >= 0.6 is 0 Å². The van der Waals surface area contributed by atoms with Gasteiger partial charge in [0.05, 0.1) is 18.5 Å². The second kappa shape index (κ2) is 8.59. The van der Waals surface area contributed by atoms with E-state index in [1.165, 1.54) is 6.92 Å². The highest BCUT2D eigenvalue weighted by Gasteiger charge is 2.25. The molecule has 24 heavy (non-hydrogen) atoms. The van der Waals surface area contributed by atoms with Crippen molar-refractivity contribution in [2.24, 2.45) is 5.73 Å². The molecular formula is C18H26N2O4. The highest BCUT2D eigenvalue weighted by molar-refractivity contribution is 5.91. The maximum Gasteiger partial charge on any atom is 0.308 e. The number of nitrogens with one attached hydrogen (secondary N) is 1. The first-order valence-corrected chi connectivity index (χ1v) is 7.90. The lowest BCUT2D eigenvalue weighted by Gasteiger charge is -2.22. The normalized spacial score (nSPS) is 13.7. The third-order valence-electron chi connectivity index (χ3n) is 3.23. The number of hydrogen-bond acceptors (Lipinski definition) is 5. The molecule has 0 aliphatic heterocycles. The highest BCUT2D eigenvalue weighted by Crippen LogP contribution is 2.09. The molecule has 2 atom stereocenters. The number of ketones is 1. The average Bonchev–Trinajstić information content (AvgIpc) is 2.45. The van der Waals surface area contributed by atoms with E-state index in [2.05, 4.69) is 5.32 Å². The lowest BCUT2D eigenvalue weighted by Crippen LogP contribution is -2.49. The molecule has 0 saturated heterocycles. The molecule has 3 N–H and O–H groups in total. The van der Waals surface area contributed by atoms with Crippen LogP contribution < -0.4 is 11.1 Å². The maximum atomic E-state index is 12.2. The number of benzene rings is 1. The van der Waals surface area contributed by atoms with Crippen LogP contribution in [0.1, 0.15) is 39.7 Å². The van der Waals surface area contributed by atoms with E-state index in [-0.39, 0.29) is 12.2 Å². The number of carbonyl (C=O) groups excluding carboxylic acids is 3. The standard InChI is InChI=1S/C18H26N2O4/c1-12(21)15(10-13-8-6-5-7-9-13)20-17(23)14(19)11-16(22)24-18(2,3)4/h5-9,14-15H,10-11,19H2,1-4H3,(H,20,23)/t14-,15-/m0/s1. The Labute approximate surface area is 142 Å². The second-order valence-corrected chi connectivity index (χ2v) is 6.76. The van der Waals surface area contributed by atoms with Gasteiger partial charge in [-0.1, -0.05) is 30.3 Å². The van der Waals surface area contributed by atoms with Crippen LogP contribution in [0.25, 0.3) is 0 Å². The molecule has 6 heteroatoms. The SMILES string of the molecule is CC(=O)[C@H](Cc1ccccc1)NC(=O)[C@@H](N)CC(=O)OC(C)(C)C. The van der Waals surface area contributed by atoms with Crippen LogP contribution in [0.4, 0.5) is 0 Å². The zero-order valence-corrected chi connectivity index (χ0v) is 14.7. The third-order valence-corrected chi connectivity index (χ3v) is 3.23. The van der Waals surface area contributed by atoms with Crippen molar-refractivity contribution in [2.75, 3.05) is 0 Å². The van der Waals surface area contributed by atoms with Gasteiger partial charge in [-0.15, -0.1) is 0 Å². The molecule has 0 saturated carbocycles. The molecule has 0 aliphatic carbocycles. The van der Waals surface area contributed by atoms with Gasteiger partial charge in [0.15, 0.2) is 5.78 Å². The highest BCUT2D eigenvalue weighted by atomic mass is 16.6. The molecule has 6 nitrogen and oxygen atoms in total. The van der Waals surface area contributed by atoms with Crippen molar-refractivity contribution >= 4 is 17.7 Å². The quantitative estimate of drug-likeness (QED) is 0.734. The van der Waals surface area contributed by atoms with Gasteiger partial charge in [-0.25, -0.2) is 0 Å². The first kappa shape index (κ1) is 19.8.